The van der Waals surface area contributed by atoms with E-state index in [0.717, 1.165) is 57.5 Å². The molecule has 0 saturated heterocycles. The molecule has 0 spiro atoms. The van der Waals surface area contributed by atoms with Crippen LogP contribution in [-0.4, -0.2) is 24.9 Å². The van der Waals surface area contributed by atoms with Crippen LogP contribution in [0.1, 0.15) is 58.1 Å². The number of likely N-dealkylation sites (N-methyl/N-ethyl adjacent to an activating group) is 1. The summed E-state index contributed by atoms with van der Waals surface area (Å²) in [4.78, 5) is 7.02. The number of phenolic OH excluding ortho intramolecular Hbond substituents is 1. The minimum atomic E-state index is -0.515. The van der Waals surface area contributed by atoms with E-state index in [1.807, 2.05) is 25.2 Å². The molecule has 0 atom stereocenters. The molecule has 6 rings (SSSR count). The Bertz CT molecular complexity index is 1940. The third-order valence-corrected chi connectivity index (χ3v) is 10.1. The molecule has 3 nitrogen and oxygen atoms in total. The monoisotopic (exact) mass is 600 g/mol. The molecule has 0 amide bonds. The van der Waals surface area contributed by atoms with E-state index in [0.29, 0.717) is 0 Å². The van der Waals surface area contributed by atoms with Crippen LogP contribution in [0.15, 0.2) is 124 Å². The van der Waals surface area contributed by atoms with Gasteiger partial charge in [0.2, 0.25) is 0 Å². The molecule has 4 heteroatoms. The molecule has 0 aromatic heterocycles. The van der Waals surface area contributed by atoms with E-state index in [9.17, 15) is 5.11 Å². The van der Waals surface area contributed by atoms with Crippen molar-refractivity contribution < 1.29 is 5.11 Å². The largest absolute Gasteiger partial charge is 0.508 e. The maximum absolute atomic E-state index is 11.0. The summed E-state index contributed by atoms with van der Waals surface area (Å²) in [6.45, 7) is 8.88. The molecule has 1 aliphatic carbocycles. The second kappa shape index (κ2) is 11.4. The van der Waals surface area contributed by atoms with E-state index in [2.05, 4.69) is 112 Å². The van der Waals surface area contributed by atoms with Crippen molar-refractivity contribution in [1.29, 1.82) is 0 Å². The van der Waals surface area contributed by atoms with Gasteiger partial charge in [-0.25, -0.2) is 0 Å². The zero-order valence-electron chi connectivity index (χ0n) is 26.6. The Kier molecular flexibility index (Phi) is 7.80. The molecule has 224 valence electrons. The van der Waals surface area contributed by atoms with E-state index in [1.165, 1.54) is 27.7 Å². The number of nitrogens with zero attached hydrogens (tertiary/aromatic N) is 2. The summed E-state index contributed by atoms with van der Waals surface area (Å²) in [5.41, 5.74) is 7.31. The molecule has 1 N–H and O–H groups in total. The second-order valence-electron chi connectivity index (χ2n) is 13.0. The molecule has 0 unspecified atom stereocenters. The summed E-state index contributed by atoms with van der Waals surface area (Å²) < 4.78 is 0. The number of aromatic hydroxyl groups is 1. The Hall–Kier alpha value is -4.08. The van der Waals surface area contributed by atoms with Gasteiger partial charge in [-0.2, -0.15) is 0 Å². The molecule has 2 aliphatic rings. The fraction of sp³-hybridized carbons (Fsp3) is 0.275. The van der Waals surface area contributed by atoms with Crippen molar-refractivity contribution in [2.24, 2.45) is 4.99 Å². The summed E-state index contributed by atoms with van der Waals surface area (Å²) in [6.07, 6.45) is 11.6. The smallest absolute Gasteiger partial charge is 0.120 e. The van der Waals surface area contributed by atoms with E-state index in [1.54, 1.807) is 6.07 Å². The van der Waals surface area contributed by atoms with Crippen LogP contribution in [0.5, 0.6) is 5.75 Å². The van der Waals surface area contributed by atoms with Gasteiger partial charge in [-0.3, -0.25) is 4.99 Å². The Morgan fingerprint density at radius 2 is 1.57 bits per heavy atom. The number of allylic oxidation sites excluding steroid dienone is 8. The summed E-state index contributed by atoms with van der Waals surface area (Å²) >= 11 is 7.11. The lowest BCUT2D eigenvalue weighted by Crippen LogP contribution is -2.28. The first-order valence-electron chi connectivity index (χ1n) is 15.5. The fourth-order valence-corrected chi connectivity index (χ4v) is 7.68. The first-order chi connectivity index (χ1) is 21.1. The first kappa shape index (κ1) is 30.0. The van der Waals surface area contributed by atoms with Gasteiger partial charge in [-0.05, 0) is 81.8 Å². The number of anilines is 1. The number of hydrogen-bond acceptors (Lipinski definition) is 3. The Morgan fingerprint density at radius 3 is 2.30 bits per heavy atom. The van der Waals surface area contributed by atoms with Gasteiger partial charge in [0, 0.05) is 52.6 Å². The zero-order chi connectivity index (χ0) is 31.2. The zero-order valence-corrected chi connectivity index (χ0v) is 27.3. The van der Waals surface area contributed by atoms with Crippen molar-refractivity contribution in [2.45, 2.75) is 57.8 Å². The normalized spacial score (nSPS) is 19.2. The second-order valence-corrected chi connectivity index (χ2v) is 13.4. The number of rotatable bonds is 5. The molecule has 1 aliphatic heterocycles. The molecule has 44 heavy (non-hydrogen) atoms. The van der Waals surface area contributed by atoms with Crippen molar-refractivity contribution in [3.63, 3.8) is 0 Å². The molecule has 4 aromatic carbocycles. The molecule has 1 heterocycles. The molecular formula is C40H41ClN2O. The molecule has 0 saturated carbocycles. The maximum Gasteiger partial charge on any atom is 0.120 e. The highest BCUT2D eigenvalue weighted by Gasteiger charge is 2.39. The van der Waals surface area contributed by atoms with Crippen molar-refractivity contribution in [1.82, 2.24) is 0 Å². The topological polar surface area (TPSA) is 35.8 Å². The van der Waals surface area contributed by atoms with E-state index >= 15 is 0 Å². The number of phenols is 1. The lowest BCUT2D eigenvalue weighted by molar-refractivity contribution is 0.461. The fourth-order valence-electron chi connectivity index (χ4n) is 7.37. The quantitative estimate of drug-likeness (QED) is 0.231. The minimum Gasteiger partial charge on any atom is -0.508 e. The number of hydrogen-bond donors (Lipinski definition) is 1. The third kappa shape index (κ3) is 4.98. The van der Waals surface area contributed by atoms with Gasteiger partial charge in [0.05, 0.1) is 0 Å². The summed E-state index contributed by atoms with van der Waals surface area (Å²) in [5, 5.41) is 16.5. The van der Waals surface area contributed by atoms with Gasteiger partial charge in [0.25, 0.3) is 0 Å². The van der Waals surface area contributed by atoms with Gasteiger partial charge in [0.15, 0.2) is 0 Å². The third-order valence-electron chi connectivity index (χ3n) is 9.65. The van der Waals surface area contributed by atoms with Crippen molar-refractivity contribution in [2.75, 3.05) is 19.0 Å². The first-order valence-corrected chi connectivity index (χ1v) is 15.9. The Labute approximate surface area is 266 Å². The SMILES string of the molecule is CN=C(/C=C/C1=C(Cl)C(=C/C=C2/N(C)c3ccc4ccccc4c3C2(C)C)/CCC1)C(C)(C)c1c(O)ccc2ccccc12. The predicted octanol–water partition coefficient (Wildman–Crippen LogP) is 10.5. The number of halogens is 1. The molecular weight excluding hydrogens is 560 g/mol. The van der Waals surface area contributed by atoms with Crippen LogP contribution in [0.4, 0.5) is 5.69 Å². The highest BCUT2D eigenvalue weighted by atomic mass is 35.5. The lowest BCUT2D eigenvalue weighted by atomic mass is 9.76. The van der Waals surface area contributed by atoms with Crippen LogP contribution in [-0.2, 0) is 10.8 Å². The molecule has 0 radical (unpaired) electrons. The van der Waals surface area contributed by atoms with Gasteiger partial charge in [0.1, 0.15) is 5.75 Å². The predicted molar refractivity (Wildman–Crippen MR) is 189 cm³/mol. The van der Waals surface area contributed by atoms with Gasteiger partial charge < -0.3 is 10.0 Å². The lowest BCUT2D eigenvalue weighted by Gasteiger charge is -2.28. The highest BCUT2D eigenvalue weighted by Crippen LogP contribution is 2.50. The van der Waals surface area contributed by atoms with Gasteiger partial charge >= 0.3 is 0 Å². The standard InChI is InChI=1S/C40H41ClN2O/c1-39(2,37-31-17-10-8-13-27(31)19-23-33(37)44)34(42-5)24-20-28-14-11-15-29(38(28)41)21-25-35-40(3,4)36-30-16-9-7-12-26(30)18-22-32(36)43(35)6/h7-10,12-13,16-25,44H,11,14-15H2,1-6H3/b24-20+,29-21+,35-25+,42-34?. The highest BCUT2D eigenvalue weighted by molar-refractivity contribution is 6.32. The minimum absolute atomic E-state index is 0.138. The van der Waals surface area contributed by atoms with E-state index in [-0.39, 0.29) is 11.2 Å². The Balaban J connectivity index is 1.32. The average molecular weight is 601 g/mol. The van der Waals surface area contributed by atoms with Crippen LogP contribution in [0.3, 0.4) is 0 Å². The number of fused-ring (bicyclic) bond motifs is 4. The number of benzene rings is 4. The summed E-state index contributed by atoms with van der Waals surface area (Å²) in [5.74, 6) is 0.284. The van der Waals surface area contributed by atoms with Crippen LogP contribution >= 0.6 is 11.6 Å². The van der Waals surface area contributed by atoms with Crippen LogP contribution in [0.2, 0.25) is 0 Å². The molecule has 0 bridgehead atoms. The molecule has 4 aromatic rings. The van der Waals surface area contributed by atoms with E-state index in [4.69, 9.17) is 16.6 Å². The van der Waals surface area contributed by atoms with Crippen LogP contribution < -0.4 is 4.90 Å². The molecule has 0 fully saturated rings. The average Bonchev–Trinajstić information content (AvgIpc) is 3.21. The summed E-state index contributed by atoms with van der Waals surface area (Å²) in [7, 11) is 3.99. The van der Waals surface area contributed by atoms with Crippen LogP contribution in [0, 0.1) is 0 Å². The Morgan fingerprint density at radius 1 is 0.909 bits per heavy atom. The van der Waals surface area contributed by atoms with Crippen molar-refractivity contribution in [3.8, 4) is 5.75 Å². The number of aliphatic imine (C=N–C) groups is 1. The van der Waals surface area contributed by atoms with Crippen molar-refractivity contribution in [3.05, 3.63) is 130 Å². The van der Waals surface area contributed by atoms with Gasteiger partial charge in [-0.1, -0.05) is 112 Å². The van der Waals surface area contributed by atoms with Crippen molar-refractivity contribution >= 4 is 44.5 Å². The van der Waals surface area contributed by atoms with E-state index < -0.39 is 5.41 Å². The van der Waals surface area contributed by atoms with Gasteiger partial charge in [-0.15, -0.1) is 0 Å². The summed E-state index contributed by atoms with van der Waals surface area (Å²) in [6, 6.07) is 25.1. The van der Waals surface area contributed by atoms with Crippen LogP contribution in [0.25, 0.3) is 21.5 Å². The maximum atomic E-state index is 11.0.